The molecule has 0 fully saturated rings. The molecule has 8 nitrogen and oxygen atoms in total. The number of unbranched alkanes of at least 4 members (excludes halogenated alkanes) is 2. The number of nitrogens with one attached hydrogen (secondary N) is 1. The van der Waals surface area contributed by atoms with E-state index in [9.17, 15) is 21.4 Å². The van der Waals surface area contributed by atoms with Crippen molar-refractivity contribution in [1.82, 2.24) is 0 Å². The first-order valence-electron chi connectivity index (χ1n) is 19.0. The van der Waals surface area contributed by atoms with Crippen molar-refractivity contribution in [3.05, 3.63) is 113 Å². The third-order valence-electron chi connectivity index (χ3n) is 11.0. The molecule has 0 bridgehead atoms. The van der Waals surface area contributed by atoms with Crippen LogP contribution in [-0.4, -0.2) is 50.5 Å². The lowest BCUT2D eigenvalue weighted by Crippen LogP contribution is -2.29. The van der Waals surface area contributed by atoms with Crippen LogP contribution in [0, 0.1) is 7.14 Å². The van der Waals surface area contributed by atoms with Gasteiger partial charge in [-0.15, -0.1) is 0 Å². The van der Waals surface area contributed by atoms with E-state index in [0.29, 0.717) is 38.8 Å². The fourth-order valence-corrected chi connectivity index (χ4v) is 10.1. The first-order chi connectivity index (χ1) is 25.8. The molecule has 302 valence electrons. The lowest BCUT2D eigenvalue weighted by Gasteiger charge is -2.33. The maximum Gasteiger partial charge on any atom is 0.264 e. The summed E-state index contributed by atoms with van der Waals surface area (Å²) in [7, 11) is -7.99. The highest BCUT2D eigenvalue weighted by atomic mass is 127. The molecular weight excluding hydrogens is 982 g/mol. The van der Waals surface area contributed by atoms with Crippen LogP contribution in [0.1, 0.15) is 103 Å². The van der Waals surface area contributed by atoms with Gasteiger partial charge in [0.15, 0.2) is 0 Å². The van der Waals surface area contributed by atoms with Crippen LogP contribution in [0.15, 0.2) is 94.7 Å². The minimum atomic E-state index is -4.01. The zero-order valence-electron chi connectivity index (χ0n) is 32.3. The van der Waals surface area contributed by atoms with Crippen molar-refractivity contribution in [1.29, 1.82) is 0 Å². The average molecular weight is 1040 g/mol. The summed E-state index contributed by atoms with van der Waals surface area (Å²) < 4.78 is 65.9. The number of hydrogen-bond donors (Lipinski definition) is 3. The van der Waals surface area contributed by atoms with E-state index in [4.69, 9.17) is 16.2 Å². The average Bonchev–Trinajstić information content (AvgIpc) is 3.34. The summed E-state index contributed by atoms with van der Waals surface area (Å²) >= 11 is 11.9. The molecule has 0 spiro atoms. The second-order valence-electron chi connectivity index (χ2n) is 15.0. The van der Waals surface area contributed by atoms with Crippen molar-refractivity contribution in [2.45, 2.75) is 103 Å². The monoisotopic (exact) mass is 1040 g/mol. The van der Waals surface area contributed by atoms with E-state index in [2.05, 4.69) is 150 Å². The molecule has 1 aliphatic carbocycles. The van der Waals surface area contributed by atoms with Crippen molar-refractivity contribution in [2.24, 2.45) is 0 Å². The van der Waals surface area contributed by atoms with Gasteiger partial charge in [0, 0.05) is 53.2 Å². The predicted octanol–water partition coefficient (Wildman–Crippen LogP) is 11.5. The highest BCUT2D eigenvalue weighted by Gasteiger charge is 2.42. The summed E-state index contributed by atoms with van der Waals surface area (Å²) in [6.07, 6.45) is 16.0. The second kappa shape index (κ2) is 19.8. The van der Waals surface area contributed by atoms with E-state index in [1.807, 2.05) is 0 Å². The van der Waals surface area contributed by atoms with Crippen LogP contribution in [0.25, 0.3) is 0 Å². The molecule has 2 unspecified atom stereocenters. The van der Waals surface area contributed by atoms with Crippen LogP contribution < -0.4 is 10.2 Å². The number of fused-ring (bicyclic) bond motifs is 1. The smallest absolute Gasteiger partial charge is 0.264 e. The Bertz CT molecular complexity index is 2080. The number of hydrogen-bond acceptors (Lipinski definition) is 6. The highest BCUT2D eigenvalue weighted by Crippen LogP contribution is 2.51. The SMILES string of the molecule is C=C(/C=C/C1=C(Cl)C(=C/C=C2/N(CCCCS(=O)(=O)O)c3ccc(I)cc3C2(C)CC)/CCC1)C(C)(CCC)c1cc(I)ccc1NCCCCS(=O)(=O)O. The van der Waals surface area contributed by atoms with E-state index in [1.165, 1.54) is 5.56 Å². The van der Waals surface area contributed by atoms with Crippen molar-refractivity contribution >= 4 is 88.4 Å². The summed E-state index contributed by atoms with van der Waals surface area (Å²) in [6.45, 7) is 14.7. The Hall–Kier alpha value is -1.69. The zero-order valence-corrected chi connectivity index (χ0v) is 39.0. The van der Waals surface area contributed by atoms with Crippen LogP contribution in [0.5, 0.6) is 0 Å². The van der Waals surface area contributed by atoms with Crippen molar-refractivity contribution < 1.29 is 25.9 Å². The molecule has 0 amide bonds. The molecule has 1 aliphatic heterocycles. The Morgan fingerprint density at radius 1 is 0.982 bits per heavy atom. The fraction of sp³-hybridized carbons (Fsp3) is 0.476. The summed E-state index contributed by atoms with van der Waals surface area (Å²) in [5.41, 5.74) is 8.17. The zero-order chi connectivity index (χ0) is 40.6. The Balaban J connectivity index is 1.62. The van der Waals surface area contributed by atoms with Crippen LogP contribution in [0.2, 0.25) is 0 Å². The van der Waals surface area contributed by atoms with E-state index >= 15 is 0 Å². The standard InChI is InChI=1S/C42H55ClI2N2O6S2/c1-6-23-42(5,35-28-33(44)18-20-37(35)46-24-8-10-26-54(48,49)50)30(3)15-16-31-13-12-14-32(40(31)43)17-22-39-41(4,7-2)36-29-34(45)19-21-38(36)47(39)25-9-11-27-55(51,52)53/h15-22,28-29,46H,3,6-14,23-27H2,1-2,4-5H3,(H,48,49,50)(H,51,52,53)/b16-15+,32-17+,39-22+. The van der Waals surface area contributed by atoms with Gasteiger partial charge in [0.25, 0.3) is 20.2 Å². The first-order valence-corrected chi connectivity index (χ1v) is 24.8. The van der Waals surface area contributed by atoms with Gasteiger partial charge in [-0.3, -0.25) is 9.11 Å². The normalized spacial score (nSPS) is 20.4. The summed E-state index contributed by atoms with van der Waals surface area (Å²) in [4.78, 5) is 2.31. The highest BCUT2D eigenvalue weighted by molar-refractivity contribution is 14.1. The molecular formula is C42H55ClI2N2O6S2. The number of allylic oxidation sites excluding steroid dienone is 9. The molecule has 4 rings (SSSR count). The third kappa shape index (κ3) is 12.2. The molecule has 0 radical (unpaired) electrons. The fourth-order valence-electron chi connectivity index (χ4n) is 7.69. The molecule has 55 heavy (non-hydrogen) atoms. The van der Waals surface area contributed by atoms with Gasteiger partial charge < -0.3 is 10.2 Å². The molecule has 2 atom stereocenters. The lowest BCUT2D eigenvalue weighted by molar-refractivity contribution is 0.478. The molecule has 2 aromatic carbocycles. The minimum absolute atomic E-state index is 0.241. The topological polar surface area (TPSA) is 124 Å². The summed E-state index contributed by atoms with van der Waals surface area (Å²) in [5, 5.41) is 4.27. The Kier molecular flexibility index (Phi) is 16.6. The molecule has 3 N–H and O–H groups in total. The van der Waals surface area contributed by atoms with Crippen molar-refractivity contribution in [3.63, 3.8) is 0 Å². The van der Waals surface area contributed by atoms with Gasteiger partial charge in [0.05, 0.1) is 11.5 Å². The number of rotatable bonds is 19. The van der Waals surface area contributed by atoms with Crippen LogP contribution in [0.3, 0.4) is 0 Å². The minimum Gasteiger partial charge on any atom is -0.385 e. The van der Waals surface area contributed by atoms with Gasteiger partial charge in [-0.05, 0) is 180 Å². The van der Waals surface area contributed by atoms with E-state index in [0.717, 1.165) is 90.1 Å². The quantitative estimate of drug-likeness (QED) is 0.0550. The molecule has 2 aliphatic rings. The molecule has 0 aromatic heterocycles. The molecule has 1 heterocycles. The Labute approximate surface area is 361 Å². The van der Waals surface area contributed by atoms with Crippen LogP contribution in [0.4, 0.5) is 11.4 Å². The molecule has 0 saturated heterocycles. The van der Waals surface area contributed by atoms with Crippen molar-refractivity contribution in [3.8, 4) is 0 Å². The summed E-state index contributed by atoms with van der Waals surface area (Å²) in [5.74, 6) is -0.498. The second-order valence-corrected chi connectivity index (χ2v) is 21.0. The first kappa shape index (κ1) is 46.0. The van der Waals surface area contributed by atoms with Gasteiger partial charge in [-0.25, -0.2) is 0 Å². The number of benzene rings is 2. The number of nitrogens with zero attached hydrogens (tertiary/aromatic N) is 1. The molecule has 2 aromatic rings. The summed E-state index contributed by atoms with van der Waals surface area (Å²) in [6, 6.07) is 12.8. The molecule has 13 heteroatoms. The van der Waals surface area contributed by atoms with E-state index in [-0.39, 0.29) is 22.3 Å². The maximum absolute atomic E-state index is 11.4. The largest absolute Gasteiger partial charge is 0.385 e. The Morgan fingerprint density at radius 2 is 1.64 bits per heavy atom. The van der Waals surface area contributed by atoms with Gasteiger partial charge in [-0.2, -0.15) is 16.8 Å². The number of anilines is 2. The van der Waals surface area contributed by atoms with E-state index in [1.54, 1.807) is 0 Å². The van der Waals surface area contributed by atoms with Crippen molar-refractivity contribution in [2.75, 3.05) is 34.8 Å². The Morgan fingerprint density at radius 3 is 2.29 bits per heavy atom. The number of halogens is 3. The van der Waals surface area contributed by atoms with Gasteiger partial charge in [0.1, 0.15) is 0 Å². The predicted molar refractivity (Wildman–Crippen MR) is 247 cm³/mol. The van der Waals surface area contributed by atoms with Crippen LogP contribution in [-0.2, 0) is 31.1 Å². The van der Waals surface area contributed by atoms with Gasteiger partial charge in [-0.1, -0.05) is 63.6 Å². The maximum atomic E-state index is 11.4. The molecule has 0 saturated carbocycles. The third-order valence-corrected chi connectivity index (χ3v) is 14.4. The van der Waals surface area contributed by atoms with Gasteiger partial charge in [0.2, 0.25) is 0 Å². The lowest BCUT2D eigenvalue weighted by atomic mass is 9.72. The van der Waals surface area contributed by atoms with Crippen LogP contribution >= 0.6 is 56.8 Å². The van der Waals surface area contributed by atoms with Gasteiger partial charge >= 0.3 is 0 Å². The van der Waals surface area contributed by atoms with E-state index < -0.39 is 20.2 Å².